The van der Waals surface area contributed by atoms with Gasteiger partial charge in [-0.15, -0.1) is 11.3 Å². The number of amides is 1. The molecule has 2 aromatic carbocycles. The van der Waals surface area contributed by atoms with Crippen LogP contribution in [-0.2, 0) is 17.9 Å². The molecule has 47 heavy (non-hydrogen) atoms. The minimum Gasteiger partial charge on any atom is -0.497 e. The maximum absolute atomic E-state index is 14.1. The summed E-state index contributed by atoms with van der Waals surface area (Å²) in [6.45, 7) is 5.50. The number of fused-ring (bicyclic) bond motifs is 1. The first-order valence-corrected chi connectivity index (χ1v) is 17.1. The van der Waals surface area contributed by atoms with Gasteiger partial charge in [0.1, 0.15) is 17.1 Å². The fraction of sp³-hybridized carbons (Fsp3) is 0.389. The van der Waals surface area contributed by atoms with Crippen molar-refractivity contribution >= 4 is 28.3 Å². The van der Waals surface area contributed by atoms with E-state index in [4.69, 9.17) is 4.74 Å². The number of methoxy groups -OCH3 is 1. The lowest BCUT2D eigenvalue weighted by Gasteiger charge is -2.43. The largest absolute Gasteiger partial charge is 0.497 e. The normalized spacial score (nSPS) is 20.0. The number of aliphatic hydroxyl groups is 1. The molecule has 0 radical (unpaired) electrons. The minimum atomic E-state index is -1.11. The van der Waals surface area contributed by atoms with Gasteiger partial charge in [-0.05, 0) is 68.6 Å². The van der Waals surface area contributed by atoms with E-state index in [2.05, 4.69) is 32.4 Å². The molecular weight excluding hydrogens is 613 g/mol. The van der Waals surface area contributed by atoms with Crippen LogP contribution in [0.3, 0.4) is 0 Å². The first-order valence-electron chi connectivity index (χ1n) is 16.2. The number of benzene rings is 2. The zero-order valence-electron chi connectivity index (χ0n) is 26.8. The number of nitrogens with zero attached hydrogens (tertiary/aromatic N) is 6. The molecule has 2 aliphatic heterocycles. The molecule has 2 aliphatic rings. The van der Waals surface area contributed by atoms with Crippen LogP contribution in [0.5, 0.6) is 5.75 Å². The molecule has 5 heterocycles. The van der Waals surface area contributed by atoms with E-state index in [1.807, 2.05) is 65.1 Å². The molecule has 0 unspecified atom stereocenters. The highest BCUT2D eigenvalue weighted by Crippen LogP contribution is 2.36. The molecule has 11 heteroatoms. The molecule has 10 nitrogen and oxygen atoms in total. The first-order chi connectivity index (χ1) is 22.8. The zero-order valence-corrected chi connectivity index (χ0v) is 27.6. The Balaban J connectivity index is 1.02. The van der Waals surface area contributed by atoms with Crippen LogP contribution in [0.1, 0.15) is 41.4 Å². The minimum absolute atomic E-state index is 0.0842. The third-order valence-corrected chi connectivity index (χ3v) is 10.7. The lowest BCUT2D eigenvalue weighted by Crippen LogP contribution is -2.53. The summed E-state index contributed by atoms with van der Waals surface area (Å²) in [6.07, 6.45) is 4.92. The van der Waals surface area contributed by atoms with E-state index in [9.17, 15) is 14.7 Å². The summed E-state index contributed by atoms with van der Waals surface area (Å²) in [5, 5.41) is 15.3. The Morgan fingerprint density at radius 3 is 2.53 bits per heavy atom. The van der Waals surface area contributed by atoms with Crippen LogP contribution in [0.4, 0.5) is 0 Å². The van der Waals surface area contributed by atoms with E-state index >= 15 is 0 Å². The van der Waals surface area contributed by atoms with Crippen molar-refractivity contribution < 1.29 is 14.6 Å². The van der Waals surface area contributed by atoms with Gasteiger partial charge in [0, 0.05) is 54.4 Å². The van der Waals surface area contributed by atoms with Crippen LogP contribution >= 0.6 is 11.3 Å². The van der Waals surface area contributed by atoms with Gasteiger partial charge in [-0.2, -0.15) is 0 Å². The second kappa shape index (κ2) is 13.1. The average molecular weight is 653 g/mol. The second-order valence-corrected chi connectivity index (χ2v) is 13.8. The fourth-order valence-electron chi connectivity index (χ4n) is 7.13. The average Bonchev–Trinajstić information content (AvgIpc) is 3.72. The first kappa shape index (κ1) is 31.3. The summed E-state index contributed by atoms with van der Waals surface area (Å²) < 4.78 is 8.63. The van der Waals surface area contributed by atoms with Gasteiger partial charge in [0.15, 0.2) is 5.65 Å². The molecule has 2 saturated heterocycles. The van der Waals surface area contributed by atoms with Crippen molar-refractivity contribution in [3.05, 3.63) is 105 Å². The molecule has 7 rings (SSSR count). The van der Waals surface area contributed by atoms with Crippen molar-refractivity contribution in [1.82, 2.24) is 28.9 Å². The number of rotatable bonds is 8. The molecule has 3 aromatic heterocycles. The topological polar surface area (TPSA) is 106 Å². The van der Waals surface area contributed by atoms with E-state index < -0.39 is 5.60 Å². The number of hydrogen-bond donors (Lipinski definition) is 1. The number of hydrogen-bond acceptors (Lipinski definition) is 8. The van der Waals surface area contributed by atoms with Crippen molar-refractivity contribution in [1.29, 1.82) is 0 Å². The highest BCUT2D eigenvalue weighted by Gasteiger charge is 2.41. The smallest absolute Gasteiger partial charge is 0.262 e. The number of ether oxygens (including phenoxy) is 1. The van der Waals surface area contributed by atoms with E-state index in [-0.39, 0.29) is 29.8 Å². The number of carbonyl (C=O) groups excluding carboxylic acids is 1. The van der Waals surface area contributed by atoms with Crippen LogP contribution in [-0.4, -0.2) is 78.8 Å². The van der Waals surface area contributed by atoms with Crippen molar-refractivity contribution in [2.75, 3.05) is 33.3 Å². The van der Waals surface area contributed by atoms with Crippen LogP contribution < -0.4 is 10.3 Å². The van der Waals surface area contributed by atoms with Gasteiger partial charge in [-0.3, -0.25) is 19.1 Å². The summed E-state index contributed by atoms with van der Waals surface area (Å²) in [5.41, 5.74) is 2.36. The van der Waals surface area contributed by atoms with Gasteiger partial charge in [-0.25, -0.2) is 9.97 Å². The Kier molecular flexibility index (Phi) is 8.69. The molecule has 0 saturated carbocycles. The zero-order chi connectivity index (χ0) is 32.5. The molecule has 2 atom stereocenters. The summed E-state index contributed by atoms with van der Waals surface area (Å²) in [7, 11) is 1.62. The third-order valence-electron chi connectivity index (χ3n) is 9.76. The SMILES string of the molecule is COc1ccc(-n2ccc3c(=O)n(CC4(O)CCN(C(=O)[C@@H]5CCN(Cc6nc(C)cs6)C[C@H]5c5ccccc5)CC4)cnc32)cc1. The number of piperidine rings is 2. The quantitative estimate of drug-likeness (QED) is 0.261. The third kappa shape index (κ3) is 6.47. The van der Waals surface area contributed by atoms with Crippen molar-refractivity contribution in [2.45, 2.75) is 50.8 Å². The molecule has 2 fully saturated rings. The molecule has 0 spiro atoms. The van der Waals surface area contributed by atoms with Crippen molar-refractivity contribution in [2.24, 2.45) is 5.92 Å². The van der Waals surface area contributed by atoms with Gasteiger partial charge in [0.2, 0.25) is 5.91 Å². The number of thiazole rings is 1. The van der Waals surface area contributed by atoms with Gasteiger partial charge in [-0.1, -0.05) is 30.3 Å². The van der Waals surface area contributed by atoms with Crippen molar-refractivity contribution in [3.8, 4) is 11.4 Å². The lowest BCUT2D eigenvalue weighted by atomic mass is 9.79. The fourth-order valence-corrected chi connectivity index (χ4v) is 7.95. The van der Waals surface area contributed by atoms with Crippen LogP contribution in [0, 0.1) is 12.8 Å². The summed E-state index contributed by atoms with van der Waals surface area (Å²) in [6, 6.07) is 19.7. The molecule has 0 aliphatic carbocycles. The number of carbonyl (C=O) groups is 1. The summed E-state index contributed by atoms with van der Waals surface area (Å²) in [5.74, 6) is 0.870. The monoisotopic (exact) mass is 652 g/mol. The van der Waals surface area contributed by atoms with Crippen LogP contribution in [0.25, 0.3) is 16.7 Å². The maximum Gasteiger partial charge on any atom is 0.262 e. The highest BCUT2D eigenvalue weighted by molar-refractivity contribution is 7.09. The Bertz CT molecular complexity index is 1910. The second-order valence-electron chi connectivity index (χ2n) is 12.9. The van der Waals surface area contributed by atoms with Gasteiger partial charge < -0.3 is 19.3 Å². The number of aryl methyl sites for hydroxylation is 1. The predicted octanol–water partition coefficient (Wildman–Crippen LogP) is 4.62. The van der Waals surface area contributed by atoms with E-state index in [0.717, 1.165) is 48.2 Å². The molecule has 5 aromatic rings. The number of likely N-dealkylation sites (tertiary alicyclic amines) is 2. The van der Waals surface area contributed by atoms with Gasteiger partial charge in [0.05, 0.1) is 31.2 Å². The molecule has 244 valence electrons. The van der Waals surface area contributed by atoms with E-state index in [0.29, 0.717) is 37.0 Å². The van der Waals surface area contributed by atoms with E-state index in [1.54, 1.807) is 24.5 Å². The van der Waals surface area contributed by atoms with Crippen LogP contribution in [0.15, 0.2) is 83.4 Å². The standard InChI is InChI=1S/C36H40N6O4S/c1-25-22-47-32(38-25)21-39-16-12-29(31(20-39)26-6-4-3-5-7-26)34(43)40-18-14-36(45,15-19-40)23-41-24-37-33-30(35(41)44)13-17-42(33)27-8-10-28(46-2)11-9-27/h3-11,13,17,22,24,29,31,45H,12,14-16,18-21,23H2,1-2H3/t29-,31+/m1/s1. The summed E-state index contributed by atoms with van der Waals surface area (Å²) >= 11 is 1.69. The molecule has 0 bridgehead atoms. The number of aromatic nitrogens is 4. The highest BCUT2D eigenvalue weighted by atomic mass is 32.1. The lowest BCUT2D eigenvalue weighted by molar-refractivity contribution is -0.142. The Morgan fingerprint density at radius 1 is 1.06 bits per heavy atom. The van der Waals surface area contributed by atoms with Crippen LogP contribution in [0.2, 0.25) is 0 Å². The van der Waals surface area contributed by atoms with Gasteiger partial charge in [0.25, 0.3) is 5.56 Å². The predicted molar refractivity (Wildman–Crippen MR) is 182 cm³/mol. The Morgan fingerprint density at radius 2 is 1.83 bits per heavy atom. The summed E-state index contributed by atoms with van der Waals surface area (Å²) in [4.78, 5) is 41.2. The molecular formula is C36H40N6O4S. The van der Waals surface area contributed by atoms with Crippen molar-refractivity contribution in [3.63, 3.8) is 0 Å². The maximum atomic E-state index is 14.1. The van der Waals surface area contributed by atoms with E-state index in [1.165, 1.54) is 16.5 Å². The molecule has 1 amide bonds. The van der Waals surface area contributed by atoms with Gasteiger partial charge >= 0.3 is 0 Å². The Labute approximate surface area is 277 Å². The Hall–Kier alpha value is -4.32. The molecule has 1 N–H and O–H groups in total.